The zero-order valence-electron chi connectivity index (χ0n) is 13.4. The molecule has 0 fully saturated rings. The first-order valence-corrected chi connectivity index (χ1v) is 7.85. The summed E-state index contributed by atoms with van der Waals surface area (Å²) < 4.78 is 5.60. The number of hydrogen-bond acceptors (Lipinski definition) is 2. The molecule has 0 aliphatic heterocycles. The number of carbonyl (C=O) groups excluding carboxylic acids is 1. The third-order valence-electron chi connectivity index (χ3n) is 3.90. The first kappa shape index (κ1) is 15.6. The van der Waals surface area contributed by atoms with Gasteiger partial charge < -0.3 is 9.73 Å². The van der Waals surface area contributed by atoms with Gasteiger partial charge in [0.2, 0.25) is 5.91 Å². The van der Waals surface area contributed by atoms with Crippen LogP contribution in [0.2, 0.25) is 5.02 Å². The third kappa shape index (κ3) is 3.25. The van der Waals surface area contributed by atoms with Gasteiger partial charge >= 0.3 is 0 Å². The van der Waals surface area contributed by atoms with Gasteiger partial charge in [-0.15, -0.1) is 0 Å². The van der Waals surface area contributed by atoms with Crippen LogP contribution in [0.4, 0.5) is 5.69 Å². The Bertz CT molecular complexity index is 896. The molecule has 23 heavy (non-hydrogen) atoms. The minimum atomic E-state index is -0.0902. The van der Waals surface area contributed by atoms with E-state index in [9.17, 15) is 4.79 Å². The van der Waals surface area contributed by atoms with E-state index in [1.165, 1.54) is 0 Å². The number of amides is 1. The Labute approximate surface area is 140 Å². The maximum Gasteiger partial charge on any atom is 0.228 e. The Morgan fingerprint density at radius 1 is 1.13 bits per heavy atom. The molecule has 0 radical (unpaired) electrons. The van der Waals surface area contributed by atoms with Gasteiger partial charge in [-0.25, -0.2) is 0 Å². The fourth-order valence-corrected chi connectivity index (χ4v) is 2.99. The molecule has 1 amide bonds. The highest BCUT2D eigenvalue weighted by molar-refractivity contribution is 6.31. The summed E-state index contributed by atoms with van der Waals surface area (Å²) in [7, 11) is 0. The normalized spacial score (nSPS) is 11.0. The van der Waals surface area contributed by atoms with Gasteiger partial charge in [0, 0.05) is 21.7 Å². The molecule has 0 aliphatic rings. The minimum absolute atomic E-state index is 0.0902. The van der Waals surface area contributed by atoms with Crippen molar-refractivity contribution >= 4 is 34.2 Å². The first-order valence-electron chi connectivity index (χ1n) is 7.47. The Kier molecular flexibility index (Phi) is 4.14. The predicted octanol–water partition coefficient (Wildman–Crippen LogP) is 5.19. The SMILES string of the molecule is Cc1cc(C)c2c(CC(=O)Nc3ccc(C)c(Cl)c3)coc2c1. The summed E-state index contributed by atoms with van der Waals surface area (Å²) in [4.78, 5) is 12.3. The number of halogens is 1. The third-order valence-corrected chi connectivity index (χ3v) is 4.31. The van der Waals surface area contributed by atoms with E-state index in [1.54, 1.807) is 12.3 Å². The monoisotopic (exact) mass is 327 g/mol. The number of fused-ring (bicyclic) bond motifs is 1. The molecular formula is C19H18ClNO2. The number of aryl methyl sites for hydroxylation is 3. The summed E-state index contributed by atoms with van der Waals surface area (Å²) in [6, 6.07) is 9.58. The molecule has 118 valence electrons. The van der Waals surface area contributed by atoms with Crippen molar-refractivity contribution in [3.8, 4) is 0 Å². The van der Waals surface area contributed by atoms with E-state index in [0.29, 0.717) is 10.7 Å². The zero-order chi connectivity index (χ0) is 16.6. The van der Waals surface area contributed by atoms with Crippen LogP contribution in [0.1, 0.15) is 22.3 Å². The number of rotatable bonds is 3. The van der Waals surface area contributed by atoms with Crippen molar-refractivity contribution in [1.82, 2.24) is 0 Å². The van der Waals surface area contributed by atoms with Crippen LogP contribution in [0.25, 0.3) is 11.0 Å². The Balaban J connectivity index is 1.81. The minimum Gasteiger partial charge on any atom is -0.464 e. The highest BCUT2D eigenvalue weighted by Gasteiger charge is 2.13. The fourth-order valence-electron chi connectivity index (χ4n) is 2.81. The number of furan rings is 1. The number of carbonyl (C=O) groups is 1. The summed E-state index contributed by atoms with van der Waals surface area (Å²) in [5.41, 5.74) is 5.67. The molecule has 1 N–H and O–H groups in total. The molecular weight excluding hydrogens is 310 g/mol. The average molecular weight is 328 g/mol. The number of anilines is 1. The lowest BCUT2D eigenvalue weighted by Crippen LogP contribution is -2.14. The van der Waals surface area contributed by atoms with Crippen LogP contribution in [0, 0.1) is 20.8 Å². The summed E-state index contributed by atoms with van der Waals surface area (Å²) in [6.45, 7) is 5.99. The average Bonchev–Trinajstić information content (AvgIpc) is 2.85. The summed E-state index contributed by atoms with van der Waals surface area (Å²) >= 11 is 6.09. The van der Waals surface area contributed by atoms with Crippen molar-refractivity contribution in [2.24, 2.45) is 0 Å². The largest absolute Gasteiger partial charge is 0.464 e. The molecule has 1 heterocycles. The summed E-state index contributed by atoms with van der Waals surface area (Å²) in [5, 5.41) is 4.54. The van der Waals surface area contributed by atoms with E-state index in [4.69, 9.17) is 16.0 Å². The topological polar surface area (TPSA) is 42.2 Å². The molecule has 3 nitrogen and oxygen atoms in total. The maximum atomic E-state index is 12.3. The van der Waals surface area contributed by atoms with Gasteiger partial charge in [-0.2, -0.15) is 0 Å². The summed E-state index contributed by atoms with van der Waals surface area (Å²) in [6.07, 6.45) is 1.93. The van der Waals surface area contributed by atoms with Crippen molar-refractivity contribution in [3.05, 3.63) is 63.9 Å². The highest BCUT2D eigenvalue weighted by Crippen LogP contribution is 2.27. The van der Waals surface area contributed by atoms with Crippen LogP contribution < -0.4 is 5.32 Å². The standard InChI is InChI=1S/C19H18ClNO2/c1-11-6-13(3)19-14(10-23-17(19)7-11)8-18(22)21-15-5-4-12(2)16(20)9-15/h4-7,9-10H,8H2,1-3H3,(H,21,22). The van der Waals surface area contributed by atoms with Crippen LogP contribution in [-0.2, 0) is 11.2 Å². The van der Waals surface area contributed by atoms with E-state index < -0.39 is 0 Å². The summed E-state index contributed by atoms with van der Waals surface area (Å²) in [5.74, 6) is -0.0902. The number of benzene rings is 2. The van der Waals surface area contributed by atoms with Gasteiger partial charge in [0.25, 0.3) is 0 Å². The molecule has 0 aliphatic carbocycles. The molecule has 0 saturated heterocycles. The molecule has 4 heteroatoms. The zero-order valence-corrected chi connectivity index (χ0v) is 14.1. The van der Waals surface area contributed by atoms with Crippen molar-refractivity contribution < 1.29 is 9.21 Å². The Morgan fingerprint density at radius 2 is 1.91 bits per heavy atom. The van der Waals surface area contributed by atoms with Gasteiger partial charge in [0.15, 0.2) is 0 Å². The molecule has 0 unspecified atom stereocenters. The van der Waals surface area contributed by atoms with E-state index in [0.717, 1.165) is 33.2 Å². The maximum absolute atomic E-state index is 12.3. The first-order chi connectivity index (χ1) is 10.9. The molecule has 0 bridgehead atoms. The predicted molar refractivity (Wildman–Crippen MR) is 94.2 cm³/mol. The van der Waals surface area contributed by atoms with Crippen LogP contribution >= 0.6 is 11.6 Å². The Morgan fingerprint density at radius 3 is 2.65 bits per heavy atom. The molecule has 2 aromatic carbocycles. The van der Waals surface area contributed by atoms with Crippen LogP contribution in [0.5, 0.6) is 0 Å². The van der Waals surface area contributed by atoms with Crippen molar-refractivity contribution in [2.75, 3.05) is 5.32 Å². The van der Waals surface area contributed by atoms with Crippen LogP contribution in [0.15, 0.2) is 41.0 Å². The second kappa shape index (κ2) is 6.09. The fraction of sp³-hybridized carbons (Fsp3) is 0.211. The molecule has 1 aromatic heterocycles. The van der Waals surface area contributed by atoms with Gasteiger partial charge in [0.05, 0.1) is 12.7 Å². The highest BCUT2D eigenvalue weighted by atomic mass is 35.5. The van der Waals surface area contributed by atoms with Gasteiger partial charge in [-0.3, -0.25) is 4.79 Å². The van der Waals surface area contributed by atoms with Crippen LogP contribution in [-0.4, -0.2) is 5.91 Å². The Hall–Kier alpha value is -2.26. The van der Waals surface area contributed by atoms with E-state index >= 15 is 0 Å². The molecule has 0 saturated carbocycles. The lowest BCUT2D eigenvalue weighted by molar-refractivity contribution is -0.115. The molecule has 0 atom stereocenters. The van der Waals surface area contributed by atoms with Crippen molar-refractivity contribution in [3.63, 3.8) is 0 Å². The molecule has 0 spiro atoms. The number of nitrogens with one attached hydrogen (secondary N) is 1. The number of hydrogen-bond donors (Lipinski definition) is 1. The van der Waals surface area contributed by atoms with E-state index in [-0.39, 0.29) is 12.3 Å². The lowest BCUT2D eigenvalue weighted by Gasteiger charge is -2.07. The quantitative estimate of drug-likeness (QED) is 0.719. The van der Waals surface area contributed by atoms with E-state index in [2.05, 4.69) is 11.4 Å². The van der Waals surface area contributed by atoms with Crippen molar-refractivity contribution in [1.29, 1.82) is 0 Å². The van der Waals surface area contributed by atoms with E-state index in [1.807, 2.05) is 39.0 Å². The van der Waals surface area contributed by atoms with Gasteiger partial charge in [0.1, 0.15) is 5.58 Å². The van der Waals surface area contributed by atoms with Crippen LogP contribution in [0.3, 0.4) is 0 Å². The van der Waals surface area contributed by atoms with Gasteiger partial charge in [-0.05, 0) is 55.7 Å². The van der Waals surface area contributed by atoms with Gasteiger partial charge in [-0.1, -0.05) is 23.7 Å². The lowest BCUT2D eigenvalue weighted by atomic mass is 10.0. The second-order valence-electron chi connectivity index (χ2n) is 5.90. The second-order valence-corrected chi connectivity index (χ2v) is 6.31. The molecule has 3 aromatic rings. The molecule has 3 rings (SSSR count). The van der Waals surface area contributed by atoms with Crippen molar-refractivity contribution in [2.45, 2.75) is 27.2 Å². The smallest absolute Gasteiger partial charge is 0.228 e.